The number of amides is 1. The highest BCUT2D eigenvalue weighted by molar-refractivity contribution is 5.94. The smallest absolute Gasteiger partial charge is 0.256 e. The van der Waals surface area contributed by atoms with Crippen LogP contribution in [-0.2, 0) is 0 Å². The van der Waals surface area contributed by atoms with Crippen LogP contribution < -0.4 is 5.32 Å². The second-order valence-electron chi connectivity index (χ2n) is 6.14. The Morgan fingerprint density at radius 2 is 1.76 bits per heavy atom. The first kappa shape index (κ1) is 14.4. The molecule has 2 aliphatic rings. The predicted molar refractivity (Wildman–Crippen MR) is 76.0 cm³/mol. The first-order valence-corrected chi connectivity index (χ1v) is 7.55. The fraction of sp³-hybridized carbons (Fsp3) is 0.562. The van der Waals surface area contributed by atoms with Gasteiger partial charge in [-0.2, -0.15) is 0 Å². The molecular formula is C16H20F2N2O. The number of benzene rings is 1. The van der Waals surface area contributed by atoms with Crippen molar-refractivity contribution in [3.63, 3.8) is 0 Å². The van der Waals surface area contributed by atoms with Gasteiger partial charge in [0, 0.05) is 13.1 Å². The summed E-state index contributed by atoms with van der Waals surface area (Å²) in [6.07, 6.45) is 4.20. The minimum absolute atomic E-state index is 0.156. The van der Waals surface area contributed by atoms with E-state index >= 15 is 0 Å². The van der Waals surface area contributed by atoms with Gasteiger partial charge in [0.25, 0.3) is 5.91 Å². The molecule has 5 heteroatoms. The molecule has 2 aliphatic heterocycles. The number of carbonyl (C=O) groups excluding carboxylic acids is 1. The summed E-state index contributed by atoms with van der Waals surface area (Å²) in [7, 11) is 0. The number of piperidine rings is 2. The lowest BCUT2D eigenvalue weighted by Crippen LogP contribution is -2.47. The van der Waals surface area contributed by atoms with E-state index in [-0.39, 0.29) is 5.56 Å². The molecule has 1 N–H and O–H groups in total. The van der Waals surface area contributed by atoms with Crippen LogP contribution in [0.3, 0.4) is 0 Å². The van der Waals surface area contributed by atoms with E-state index in [1.165, 1.54) is 12.1 Å². The van der Waals surface area contributed by atoms with Gasteiger partial charge >= 0.3 is 0 Å². The zero-order chi connectivity index (χ0) is 14.9. The normalized spacial score (nSPS) is 21.5. The monoisotopic (exact) mass is 294 g/mol. The van der Waals surface area contributed by atoms with Crippen LogP contribution in [0.5, 0.6) is 0 Å². The number of nitrogens with one attached hydrogen (secondary N) is 1. The van der Waals surface area contributed by atoms with Crippen LogP contribution in [0.4, 0.5) is 8.78 Å². The molecule has 114 valence electrons. The maximum absolute atomic E-state index is 13.7. The van der Waals surface area contributed by atoms with Crippen molar-refractivity contribution in [2.24, 2.45) is 5.41 Å². The first-order chi connectivity index (χ1) is 10.1. The fourth-order valence-electron chi connectivity index (χ4n) is 3.48. The number of rotatable bonds is 1. The highest BCUT2D eigenvalue weighted by Gasteiger charge is 2.37. The highest BCUT2D eigenvalue weighted by Crippen LogP contribution is 2.39. The van der Waals surface area contributed by atoms with Gasteiger partial charge in [-0.3, -0.25) is 4.79 Å². The maximum Gasteiger partial charge on any atom is 0.256 e. The quantitative estimate of drug-likeness (QED) is 0.863. The largest absolute Gasteiger partial charge is 0.339 e. The highest BCUT2D eigenvalue weighted by atomic mass is 19.2. The third-order valence-electron chi connectivity index (χ3n) is 4.96. The first-order valence-electron chi connectivity index (χ1n) is 7.55. The lowest BCUT2D eigenvalue weighted by Gasteiger charge is -2.44. The zero-order valence-corrected chi connectivity index (χ0v) is 12.0. The zero-order valence-electron chi connectivity index (χ0n) is 12.0. The van der Waals surface area contributed by atoms with Gasteiger partial charge in [0.2, 0.25) is 0 Å². The van der Waals surface area contributed by atoms with Crippen molar-refractivity contribution in [2.75, 3.05) is 26.2 Å². The minimum Gasteiger partial charge on any atom is -0.339 e. The van der Waals surface area contributed by atoms with Gasteiger partial charge in [0.1, 0.15) is 0 Å². The standard InChI is InChI=1S/C16H20F2N2O/c17-13-3-1-2-12(14(13)18)15(21)20-10-6-16(7-11-20)4-8-19-9-5-16/h1-3,19H,4-11H2. The van der Waals surface area contributed by atoms with E-state index in [0.717, 1.165) is 44.8 Å². The Labute approximate surface area is 123 Å². The summed E-state index contributed by atoms with van der Waals surface area (Å²) in [5, 5.41) is 3.36. The van der Waals surface area contributed by atoms with Gasteiger partial charge in [-0.15, -0.1) is 0 Å². The molecule has 0 unspecified atom stereocenters. The molecule has 0 aliphatic carbocycles. The van der Waals surface area contributed by atoms with Crippen molar-refractivity contribution in [1.82, 2.24) is 10.2 Å². The second-order valence-corrected chi connectivity index (χ2v) is 6.14. The summed E-state index contributed by atoms with van der Waals surface area (Å²) in [5.41, 5.74) is 0.180. The van der Waals surface area contributed by atoms with Crippen molar-refractivity contribution >= 4 is 5.91 Å². The SMILES string of the molecule is O=C(c1cccc(F)c1F)N1CCC2(CCNCC2)CC1. The van der Waals surface area contributed by atoms with E-state index in [2.05, 4.69) is 5.32 Å². The van der Waals surface area contributed by atoms with Crippen LogP contribution in [0.25, 0.3) is 0 Å². The van der Waals surface area contributed by atoms with Crippen LogP contribution in [-0.4, -0.2) is 37.0 Å². The molecule has 21 heavy (non-hydrogen) atoms. The Bertz CT molecular complexity index is 531. The summed E-state index contributed by atoms with van der Waals surface area (Å²) in [4.78, 5) is 14.0. The van der Waals surface area contributed by atoms with E-state index in [1.807, 2.05) is 0 Å². The van der Waals surface area contributed by atoms with Gasteiger partial charge in [-0.1, -0.05) is 6.07 Å². The average Bonchev–Trinajstić information content (AvgIpc) is 2.51. The lowest BCUT2D eigenvalue weighted by molar-refractivity contribution is 0.0491. The molecule has 1 aromatic rings. The molecule has 2 heterocycles. The Hall–Kier alpha value is -1.49. The Balaban J connectivity index is 1.69. The molecule has 1 aromatic carbocycles. The number of hydrogen-bond donors (Lipinski definition) is 1. The second kappa shape index (κ2) is 5.72. The van der Waals surface area contributed by atoms with Crippen molar-refractivity contribution in [3.8, 4) is 0 Å². The average molecular weight is 294 g/mol. The topological polar surface area (TPSA) is 32.3 Å². The van der Waals surface area contributed by atoms with Crippen molar-refractivity contribution < 1.29 is 13.6 Å². The minimum atomic E-state index is -1.04. The Morgan fingerprint density at radius 1 is 1.10 bits per heavy atom. The number of nitrogens with zero attached hydrogens (tertiary/aromatic N) is 1. The van der Waals surface area contributed by atoms with Gasteiger partial charge < -0.3 is 10.2 Å². The Morgan fingerprint density at radius 3 is 2.43 bits per heavy atom. The van der Waals surface area contributed by atoms with Crippen molar-refractivity contribution in [2.45, 2.75) is 25.7 Å². The molecule has 2 saturated heterocycles. The predicted octanol–water partition coefficient (Wildman–Crippen LogP) is 2.57. The maximum atomic E-state index is 13.7. The van der Waals surface area contributed by atoms with E-state index in [0.29, 0.717) is 18.5 Å². The Kier molecular flexibility index (Phi) is 3.93. The van der Waals surface area contributed by atoms with Gasteiger partial charge in [0.05, 0.1) is 5.56 Å². The van der Waals surface area contributed by atoms with Gasteiger partial charge in [0.15, 0.2) is 11.6 Å². The molecule has 0 atom stereocenters. The van der Waals surface area contributed by atoms with Gasteiger partial charge in [-0.25, -0.2) is 8.78 Å². The molecule has 3 nitrogen and oxygen atoms in total. The summed E-state index contributed by atoms with van der Waals surface area (Å²) in [6, 6.07) is 3.77. The lowest BCUT2D eigenvalue weighted by atomic mass is 9.71. The molecule has 0 saturated carbocycles. The number of carbonyl (C=O) groups is 1. The molecule has 0 radical (unpaired) electrons. The van der Waals surface area contributed by atoms with E-state index < -0.39 is 17.5 Å². The van der Waals surface area contributed by atoms with E-state index in [9.17, 15) is 13.6 Å². The molecule has 1 amide bonds. The summed E-state index contributed by atoms with van der Waals surface area (Å²) >= 11 is 0. The summed E-state index contributed by atoms with van der Waals surface area (Å²) in [5.74, 6) is -2.40. The molecule has 0 bridgehead atoms. The van der Waals surface area contributed by atoms with Gasteiger partial charge in [-0.05, 0) is 56.3 Å². The third-order valence-corrected chi connectivity index (χ3v) is 4.96. The van der Waals surface area contributed by atoms with E-state index in [4.69, 9.17) is 0 Å². The number of likely N-dealkylation sites (tertiary alicyclic amines) is 1. The number of hydrogen-bond acceptors (Lipinski definition) is 2. The molecule has 1 spiro atoms. The van der Waals surface area contributed by atoms with Crippen LogP contribution in [0, 0.1) is 17.0 Å². The fourth-order valence-corrected chi connectivity index (χ4v) is 3.48. The summed E-state index contributed by atoms with van der Waals surface area (Å²) < 4.78 is 27.0. The van der Waals surface area contributed by atoms with Crippen LogP contribution in [0.1, 0.15) is 36.0 Å². The van der Waals surface area contributed by atoms with Crippen molar-refractivity contribution in [1.29, 1.82) is 0 Å². The van der Waals surface area contributed by atoms with E-state index in [1.54, 1.807) is 4.90 Å². The molecular weight excluding hydrogens is 274 g/mol. The molecule has 2 fully saturated rings. The molecule has 0 aromatic heterocycles. The number of halogens is 2. The van der Waals surface area contributed by atoms with Crippen molar-refractivity contribution in [3.05, 3.63) is 35.4 Å². The van der Waals surface area contributed by atoms with Crippen LogP contribution in [0.2, 0.25) is 0 Å². The summed E-state index contributed by atoms with van der Waals surface area (Å²) in [6.45, 7) is 3.34. The van der Waals surface area contributed by atoms with Crippen LogP contribution >= 0.6 is 0 Å². The third kappa shape index (κ3) is 2.79. The van der Waals surface area contributed by atoms with Crippen LogP contribution in [0.15, 0.2) is 18.2 Å². The molecule has 3 rings (SSSR count).